The van der Waals surface area contributed by atoms with Gasteiger partial charge in [0.1, 0.15) is 4.92 Å². The number of aliphatic hydroxyl groups excluding tert-OH is 1. The zero-order valence-electron chi connectivity index (χ0n) is 7.10. The van der Waals surface area contributed by atoms with Crippen molar-refractivity contribution in [3.63, 3.8) is 0 Å². The van der Waals surface area contributed by atoms with Crippen molar-refractivity contribution in [3.8, 4) is 0 Å². The van der Waals surface area contributed by atoms with Gasteiger partial charge < -0.3 is 14.8 Å². The van der Waals surface area contributed by atoms with Gasteiger partial charge in [0.2, 0.25) is 0 Å². The number of carbonyl (C=O) groups is 1. The number of nitro groups is 1. The molecule has 76 valence electrons. The molecule has 0 atom stereocenters. The third kappa shape index (κ3) is 2.30. The normalized spacial score (nSPS) is 9.79. The van der Waals surface area contributed by atoms with Crippen LogP contribution in [0.4, 0.5) is 5.88 Å². The largest absolute Gasteiger partial charge is 0.433 e. The first-order valence-corrected chi connectivity index (χ1v) is 3.78. The van der Waals surface area contributed by atoms with Crippen LogP contribution in [-0.4, -0.2) is 29.1 Å². The second-order valence-corrected chi connectivity index (χ2v) is 2.37. The van der Waals surface area contributed by atoms with Crippen LogP contribution < -0.4 is 5.32 Å². The van der Waals surface area contributed by atoms with Crippen LogP contribution in [0.1, 0.15) is 10.6 Å². The summed E-state index contributed by atoms with van der Waals surface area (Å²) in [6.07, 6.45) is 0. The first-order chi connectivity index (χ1) is 6.65. The third-order valence-corrected chi connectivity index (χ3v) is 1.39. The minimum Gasteiger partial charge on any atom is -0.395 e. The van der Waals surface area contributed by atoms with Gasteiger partial charge in [0.25, 0.3) is 5.91 Å². The maximum absolute atomic E-state index is 11.1. The summed E-state index contributed by atoms with van der Waals surface area (Å²) < 4.78 is 4.61. The molecule has 0 aliphatic rings. The molecule has 1 amide bonds. The van der Waals surface area contributed by atoms with E-state index in [0.717, 1.165) is 6.07 Å². The Morgan fingerprint density at radius 3 is 2.86 bits per heavy atom. The molecule has 0 radical (unpaired) electrons. The number of hydrogen-bond acceptors (Lipinski definition) is 5. The van der Waals surface area contributed by atoms with Crippen LogP contribution in [0.2, 0.25) is 0 Å². The zero-order chi connectivity index (χ0) is 10.6. The monoisotopic (exact) mass is 200 g/mol. The van der Waals surface area contributed by atoms with Crippen molar-refractivity contribution in [2.75, 3.05) is 13.2 Å². The molecule has 0 fully saturated rings. The molecule has 7 heteroatoms. The molecule has 1 aromatic rings. The molecule has 0 aliphatic carbocycles. The number of nitrogens with zero attached hydrogens (tertiary/aromatic N) is 1. The number of nitrogens with one attached hydrogen (secondary N) is 1. The second-order valence-electron chi connectivity index (χ2n) is 2.37. The Kier molecular flexibility index (Phi) is 3.19. The summed E-state index contributed by atoms with van der Waals surface area (Å²) in [5.74, 6) is -1.23. The fourth-order valence-electron chi connectivity index (χ4n) is 0.804. The van der Waals surface area contributed by atoms with Crippen LogP contribution >= 0.6 is 0 Å². The smallest absolute Gasteiger partial charge is 0.395 e. The molecule has 7 nitrogen and oxygen atoms in total. The highest BCUT2D eigenvalue weighted by Gasteiger charge is 2.16. The molecule has 14 heavy (non-hydrogen) atoms. The van der Waals surface area contributed by atoms with Gasteiger partial charge in [0, 0.05) is 6.54 Å². The van der Waals surface area contributed by atoms with Crippen molar-refractivity contribution in [2.45, 2.75) is 0 Å². The Labute approximate surface area is 78.5 Å². The SMILES string of the molecule is O=C(NCCO)c1ccc([N+](=O)[O-])o1. The Morgan fingerprint density at radius 2 is 2.36 bits per heavy atom. The molecular formula is C7H8N2O5. The van der Waals surface area contributed by atoms with Crippen LogP contribution in [0.25, 0.3) is 0 Å². The number of hydrogen-bond donors (Lipinski definition) is 2. The van der Waals surface area contributed by atoms with E-state index in [1.807, 2.05) is 0 Å². The molecule has 0 aliphatic heterocycles. The molecule has 0 bridgehead atoms. The Morgan fingerprint density at radius 1 is 1.64 bits per heavy atom. The highest BCUT2D eigenvalue weighted by atomic mass is 16.6. The van der Waals surface area contributed by atoms with E-state index in [-0.39, 0.29) is 18.9 Å². The van der Waals surface area contributed by atoms with Crippen LogP contribution in [0, 0.1) is 10.1 Å². The fraction of sp³-hybridized carbons (Fsp3) is 0.286. The number of aliphatic hydroxyl groups is 1. The van der Waals surface area contributed by atoms with Gasteiger partial charge in [-0.1, -0.05) is 0 Å². The fourth-order valence-corrected chi connectivity index (χ4v) is 0.804. The van der Waals surface area contributed by atoms with E-state index in [1.54, 1.807) is 0 Å². The molecule has 2 N–H and O–H groups in total. The predicted octanol–water partition coefficient (Wildman–Crippen LogP) is -0.0901. The predicted molar refractivity (Wildman–Crippen MR) is 44.8 cm³/mol. The average molecular weight is 200 g/mol. The summed E-state index contributed by atoms with van der Waals surface area (Å²) in [7, 11) is 0. The van der Waals surface area contributed by atoms with E-state index in [1.165, 1.54) is 6.07 Å². The Balaban J connectivity index is 2.66. The van der Waals surface area contributed by atoms with Gasteiger partial charge in [-0.25, -0.2) is 0 Å². The van der Waals surface area contributed by atoms with Crippen LogP contribution in [-0.2, 0) is 0 Å². The lowest BCUT2D eigenvalue weighted by Gasteiger charge is -1.97. The first-order valence-electron chi connectivity index (χ1n) is 3.78. The lowest BCUT2D eigenvalue weighted by Crippen LogP contribution is -2.25. The summed E-state index contributed by atoms with van der Waals surface area (Å²) in [4.78, 5) is 20.6. The van der Waals surface area contributed by atoms with Gasteiger partial charge >= 0.3 is 5.88 Å². The topological polar surface area (TPSA) is 106 Å². The van der Waals surface area contributed by atoms with Gasteiger partial charge in [-0.3, -0.25) is 14.9 Å². The maximum atomic E-state index is 11.1. The second kappa shape index (κ2) is 4.38. The van der Waals surface area contributed by atoms with Crippen molar-refractivity contribution in [3.05, 3.63) is 28.0 Å². The standard InChI is InChI=1S/C7H8N2O5/c10-4-3-8-7(11)5-1-2-6(14-5)9(12)13/h1-2,10H,3-4H2,(H,8,11). The van der Waals surface area contributed by atoms with Gasteiger partial charge in [0.05, 0.1) is 12.7 Å². The quantitative estimate of drug-likeness (QED) is 0.521. The number of amides is 1. The van der Waals surface area contributed by atoms with Gasteiger partial charge in [-0.05, 0) is 6.07 Å². The highest BCUT2D eigenvalue weighted by Crippen LogP contribution is 2.14. The molecule has 0 saturated heterocycles. The highest BCUT2D eigenvalue weighted by molar-refractivity contribution is 5.91. The molecule has 0 unspecified atom stereocenters. The minimum absolute atomic E-state index is 0.0767. The van der Waals surface area contributed by atoms with E-state index in [4.69, 9.17) is 5.11 Å². The first kappa shape index (κ1) is 10.2. The number of rotatable bonds is 4. The van der Waals surface area contributed by atoms with Gasteiger partial charge in [-0.15, -0.1) is 0 Å². The third-order valence-electron chi connectivity index (χ3n) is 1.39. The van der Waals surface area contributed by atoms with Crippen molar-refractivity contribution in [1.82, 2.24) is 5.32 Å². The molecule has 0 aromatic carbocycles. The van der Waals surface area contributed by atoms with Crippen molar-refractivity contribution in [1.29, 1.82) is 0 Å². The molecule has 0 saturated carbocycles. The lowest BCUT2D eigenvalue weighted by atomic mass is 10.4. The lowest BCUT2D eigenvalue weighted by molar-refractivity contribution is -0.402. The molecule has 1 aromatic heterocycles. The molecule has 0 spiro atoms. The van der Waals surface area contributed by atoms with Crippen molar-refractivity contribution >= 4 is 11.8 Å². The van der Waals surface area contributed by atoms with Crippen LogP contribution in [0.3, 0.4) is 0 Å². The van der Waals surface area contributed by atoms with E-state index >= 15 is 0 Å². The molecule has 1 rings (SSSR count). The summed E-state index contributed by atoms with van der Waals surface area (Å²) in [6.45, 7) is -0.123. The van der Waals surface area contributed by atoms with E-state index < -0.39 is 16.7 Å². The maximum Gasteiger partial charge on any atom is 0.433 e. The van der Waals surface area contributed by atoms with E-state index in [2.05, 4.69) is 9.73 Å². The van der Waals surface area contributed by atoms with Crippen molar-refractivity contribution < 1.29 is 19.2 Å². The number of furan rings is 1. The minimum atomic E-state index is -0.733. The Hall–Kier alpha value is -1.89. The van der Waals surface area contributed by atoms with Gasteiger partial charge in [-0.2, -0.15) is 0 Å². The number of carbonyl (C=O) groups excluding carboxylic acids is 1. The van der Waals surface area contributed by atoms with Crippen LogP contribution in [0.15, 0.2) is 16.5 Å². The average Bonchev–Trinajstić information content (AvgIpc) is 2.62. The summed E-state index contributed by atoms with van der Waals surface area (Å²) in [5.41, 5.74) is 0. The Bertz CT molecular complexity index is 346. The van der Waals surface area contributed by atoms with E-state index in [9.17, 15) is 14.9 Å². The zero-order valence-corrected chi connectivity index (χ0v) is 7.10. The summed E-state index contributed by atoms with van der Waals surface area (Å²) in [6, 6.07) is 2.29. The molecular weight excluding hydrogens is 192 g/mol. The summed E-state index contributed by atoms with van der Waals surface area (Å²) in [5, 5.41) is 20.9. The van der Waals surface area contributed by atoms with Gasteiger partial charge in [0.15, 0.2) is 5.76 Å². The van der Waals surface area contributed by atoms with Crippen LogP contribution in [0.5, 0.6) is 0 Å². The summed E-state index contributed by atoms with van der Waals surface area (Å²) >= 11 is 0. The van der Waals surface area contributed by atoms with Crippen molar-refractivity contribution in [2.24, 2.45) is 0 Å². The molecule has 1 heterocycles. The van der Waals surface area contributed by atoms with E-state index in [0.29, 0.717) is 0 Å².